The van der Waals surface area contributed by atoms with Gasteiger partial charge in [0.2, 0.25) is 0 Å². The van der Waals surface area contributed by atoms with Crippen molar-refractivity contribution in [2.45, 2.75) is 33.1 Å². The first-order valence-corrected chi connectivity index (χ1v) is 7.51. The molecule has 0 aliphatic carbocycles. The number of aromatic nitrogens is 1. The number of benzene rings is 1. The van der Waals surface area contributed by atoms with E-state index in [9.17, 15) is 0 Å². The number of hydrogen-bond donors (Lipinski definition) is 1. The van der Waals surface area contributed by atoms with E-state index in [1.54, 1.807) is 0 Å². The lowest BCUT2D eigenvalue weighted by molar-refractivity contribution is 0.341. The molecule has 0 amide bonds. The van der Waals surface area contributed by atoms with Crippen molar-refractivity contribution in [2.75, 3.05) is 12.3 Å². The topological polar surface area (TPSA) is 48.1 Å². The molecule has 0 bridgehead atoms. The molecule has 1 aromatic heterocycles. The summed E-state index contributed by atoms with van der Waals surface area (Å²) >= 11 is 1.46. The fourth-order valence-corrected chi connectivity index (χ4v) is 2.55. The zero-order valence-corrected chi connectivity index (χ0v) is 12.5. The first kappa shape index (κ1) is 13.9. The molecule has 2 rings (SSSR count). The Labute approximate surface area is 118 Å². The maximum absolute atomic E-state index is 5.73. The van der Waals surface area contributed by atoms with Gasteiger partial charge in [0.05, 0.1) is 12.3 Å². The summed E-state index contributed by atoms with van der Waals surface area (Å²) in [6.07, 6.45) is 1.12. The van der Waals surface area contributed by atoms with E-state index in [0.717, 1.165) is 23.4 Å². The maximum atomic E-state index is 5.73. The Morgan fingerprint density at radius 1 is 1.37 bits per heavy atom. The highest BCUT2D eigenvalue weighted by atomic mass is 32.1. The second-order valence-corrected chi connectivity index (χ2v) is 5.46. The minimum Gasteiger partial charge on any atom is -0.493 e. The van der Waals surface area contributed by atoms with Crippen LogP contribution in [0, 0.1) is 0 Å². The van der Waals surface area contributed by atoms with Crippen LogP contribution < -0.4 is 10.5 Å². The monoisotopic (exact) mass is 276 g/mol. The van der Waals surface area contributed by atoms with Gasteiger partial charge in [0.15, 0.2) is 5.13 Å². The van der Waals surface area contributed by atoms with Crippen LogP contribution in [-0.2, 0) is 0 Å². The van der Waals surface area contributed by atoms with Crippen LogP contribution in [0.15, 0.2) is 23.6 Å². The van der Waals surface area contributed by atoms with Crippen molar-refractivity contribution >= 4 is 16.5 Å². The van der Waals surface area contributed by atoms with E-state index in [-0.39, 0.29) is 0 Å². The lowest BCUT2D eigenvalue weighted by Gasteiger charge is -2.14. The molecule has 2 N–H and O–H groups in total. The predicted molar refractivity (Wildman–Crippen MR) is 81.8 cm³/mol. The summed E-state index contributed by atoms with van der Waals surface area (Å²) in [6.45, 7) is 7.06. The molecule has 0 fully saturated rings. The van der Waals surface area contributed by atoms with Crippen LogP contribution in [0.1, 0.15) is 38.7 Å². The normalized spacial score (nSPS) is 12.4. The largest absolute Gasteiger partial charge is 0.493 e. The van der Waals surface area contributed by atoms with Gasteiger partial charge >= 0.3 is 0 Å². The number of anilines is 1. The standard InChI is InChI=1S/C15H20N2OS/c1-4-10(3)11-6-7-14(18-5-2)12(8-11)13-9-19-15(16)17-13/h6-10H,4-5H2,1-3H3,(H2,16,17). The molecule has 0 aliphatic rings. The third kappa shape index (κ3) is 3.07. The van der Waals surface area contributed by atoms with Crippen LogP contribution >= 0.6 is 11.3 Å². The van der Waals surface area contributed by atoms with Gasteiger partial charge in [-0.25, -0.2) is 4.98 Å². The molecule has 0 saturated carbocycles. The van der Waals surface area contributed by atoms with Crippen molar-refractivity contribution in [3.8, 4) is 17.0 Å². The molecule has 0 aliphatic heterocycles. The van der Waals surface area contributed by atoms with Crippen molar-refractivity contribution < 1.29 is 4.74 Å². The Hall–Kier alpha value is -1.55. The molecule has 1 atom stereocenters. The van der Waals surface area contributed by atoms with E-state index in [0.29, 0.717) is 17.7 Å². The summed E-state index contributed by atoms with van der Waals surface area (Å²) in [7, 11) is 0. The Balaban J connectivity index is 2.47. The molecule has 0 saturated heterocycles. The van der Waals surface area contributed by atoms with Crippen molar-refractivity contribution in [1.29, 1.82) is 0 Å². The number of ether oxygens (including phenoxy) is 1. The van der Waals surface area contributed by atoms with Gasteiger partial charge in [-0.3, -0.25) is 0 Å². The van der Waals surface area contributed by atoms with Gasteiger partial charge in [-0.05, 0) is 37.0 Å². The third-order valence-corrected chi connectivity index (χ3v) is 3.96. The van der Waals surface area contributed by atoms with Gasteiger partial charge < -0.3 is 10.5 Å². The highest BCUT2D eigenvalue weighted by Gasteiger charge is 2.13. The molecule has 4 heteroatoms. The van der Waals surface area contributed by atoms with Crippen molar-refractivity contribution in [2.24, 2.45) is 0 Å². The van der Waals surface area contributed by atoms with Crippen molar-refractivity contribution in [3.05, 3.63) is 29.1 Å². The first-order valence-electron chi connectivity index (χ1n) is 6.63. The van der Waals surface area contributed by atoms with Crippen molar-refractivity contribution in [3.63, 3.8) is 0 Å². The highest BCUT2D eigenvalue weighted by molar-refractivity contribution is 7.13. The minimum atomic E-state index is 0.533. The van der Waals surface area contributed by atoms with Crippen LogP contribution in [0.4, 0.5) is 5.13 Å². The van der Waals surface area contributed by atoms with E-state index in [4.69, 9.17) is 10.5 Å². The first-order chi connectivity index (χ1) is 9.15. The number of nitrogens with two attached hydrogens (primary N) is 1. The molecular formula is C15H20N2OS. The highest BCUT2D eigenvalue weighted by Crippen LogP contribution is 2.34. The van der Waals surface area contributed by atoms with Crippen molar-refractivity contribution in [1.82, 2.24) is 4.98 Å². The van der Waals surface area contributed by atoms with Gasteiger partial charge in [0.1, 0.15) is 5.75 Å². The number of nitrogen functional groups attached to an aromatic ring is 1. The van der Waals surface area contributed by atoms with Crippen LogP contribution in [0.2, 0.25) is 0 Å². The number of thiazole rings is 1. The van der Waals surface area contributed by atoms with E-state index >= 15 is 0 Å². The second kappa shape index (κ2) is 6.06. The van der Waals surface area contributed by atoms with Crippen LogP contribution in [0.3, 0.4) is 0 Å². The van der Waals surface area contributed by atoms with Crippen LogP contribution in [-0.4, -0.2) is 11.6 Å². The molecule has 1 unspecified atom stereocenters. The van der Waals surface area contributed by atoms with Crippen LogP contribution in [0.5, 0.6) is 5.75 Å². The van der Waals surface area contributed by atoms with Gasteiger partial charge in [0.25, 0.3) is 0 Å². The number of rotatable bonds is 5. The quantitative estimate of drug-likeness (QED) is 0.885. The Kier molecular flexibility index (Phi) is 4.43. The number of nitrogens with zero attached hydrogens (tertiary/aromatic N) is 1. The SMILES string of the molecule is CCOc1ccc(C(C)CC)cc1-c1csc(N)n1. The Bertz CT molecular complexity index is 551. The average Bonchev–Trinajstić information content (AvgIpc) is 2.85. The Morgan fingerprint density at radius 3 is 2.74 bits per heavy atom. The number of hydrogen-bond acceptors (Lipinski definition) is 4. The van der Waals surface area contributed by atoms with E-state index in [1.807, 2.05) is 18.4 Å². The average molecular weight is 276 g/mol. The molecule has 0 spiro atoms. The molecule has 1 aromatic carbocycles. The van der Waals surface area contributed by atoms with E-state index < -0.39 is 0 Å². The zero-order valence-electron chi connectivity index (χ0n) is 11.6. The molecule has 0 radical (unpaired) electrons. The second-order valence-electron chi connectivity index (χ2n) is 4.57. The summed E-state index contributed by atoms with van der Waals surface area (Å²) in [5.41, 5.74) is 8.98. The maximum Gasteiger partial charge on any atom is 0.180 e. The van der Waals surface area contributed by atoms with Gasteiger partial charge in [0, 0.05) is 10.9 Å². The minimum absolute atomic E-state index is 0.533. The summed E-state index contributed by atoms with van der Waals surface area (Å²) in [5.74, 6) is 1.41. The molecule has 1 heterocycles. The molecule has 2 aromatic rings. The molecule has 3 nitrogen and oxygen atoms in total. The van der Waals surface area contributed by atoms with Crippen LogP contribution in [0.25, 0.3) is 11.3 Å². The van der Waals surface area contributed by atoms with Gasteiger partial charge in [-0.15, -0.1) is 11.3 Å². The third-order valence-electron chi connectivity index (χ3n) is 3.28. The Morgan fingerprint density at radius 2 is 2.16 bits per heavy atom. The smallest absolute Gasteiger partial charge is 0.180 e. The van der Waals surface area contributed by atoms with E-state index in [1.165, 1.54) is 16.9 Å². The zero-order chi connectivity index (χ0) is 13.8. The van der Waals surface area contributed by atoms with Gasteiger partial charge in [-0.1, -0.05) is 19.9 Å². The summed E-state index contributed by atoms with van der Waals surface area (Å²) < 4.78 is 5.69. The summed E-state index contributed by atoms with van der Waals surface area (Å²) in [4.78, 5) is 4.37. The van der Waals surface area contributed by atoms with E-state index in [2.05, 4.69) is 31.0 Å². The summed E-state index contributed by atoms with van der Waals surface area (Å²) in [5, 5.41) is 2.57. The predicted octanol–water partition coefficient (Wildman–Crippen LogP) is 4.30. The lowest BCUT2D eigenvalue weighted by atomic mass is 9.96. The molecular weight excluding hydrogens is 256 g/mol. The molecule has 19 heavy (non-hydrogen) atoms. The molecule has 102 valence electrons. The fourth-order valence-electron chi connectivity index (χ4n) is 1.98. The summed E-state index contributed by atoms with van der Waals surface area (Å²) in [6, 6.07) is 6.35. The van der Waals surface area contributed by atoms with Gasteiger partial charge in [-0.2, -0.15) is 0 Å². The fraction of sp³-hybridized carbons (Fsp3) is 0.400. The lowest BCUT2D eigenvalue weighted by Crippen LogP contribution is -1.98.